The van der Waals surface area contributed by atoms with Gasteiger partial charge in [-0.3, -0.25) is 9.48 Å². The lowest BCUT2D eigenvalue weighted by Crippen LogP contribution is -2.46. The van der Waals surface area contributed by atoms with Crippen molar-refractivity contribution in [2.24, 2.45) is 7.05 Å². The SMILES string of the molecule is CC(c1cc(F)c(CN2[C@@H](C)C(=O)C[C@H](c3ccccc3)S2=O)cc1F)n1cnc(=O)n1C. The number of hydrogen-bond acceptors (Lipinski definition) is 4. The summed E-state index contributed by atoms with van der Waals surface area (Å²) < 4.78 is 47.4. The summed E-state index contributed by atoms with van der Waals surface area (Å²) in [5.74, 6) is -1.45. The van der Waals surface area contributed by atoms with Gasteiger partial charge in [-0.25, -0.2) is 26.8 Å². The summed E-state index contributed by atoms with van der Waals surface area (Å²) >= 11 is 0. The largest absolute Gasteiger partial charge is 0.363 e. The Morgan fingerprint density at radius 3 is 2.48 bits per heavy atom. The molecule has 4 rings (SSSR count). The van der Waals surface area contributed by atoms with Crippen LogP contribution in [0.2, 0.25) is 0 Å². The maximum atomic E-state index is 15.1. The second kappa shape index (κ2) is 9.11. The number of carbonyl (C=O) groups excluding carboxylic acids is 1. The monoisotopic (exact) mass is 474 g/mol. The van der Waals surface area contributed by atoms with Gasteiger partial charge in [0.15, 0.2) is 5.78 Å². The first-order chi connectivity index (χ1) is 15.7. The van der Waals surface area contributed by atoms with Crippen molar-refractivity contribution in [2.45, 2.75) is 44.1 Å². The molecule has 0 spiro atoms. The van der Waals surface area contributed by atoms with Crippen LogP contribution in [0.25, 0.3) is 0 Å². The average molecular weight is 475 g/mol. The van der Waals surface area contributed by atoms with E-state index in [1.54, 1.807) is 13.8 Å². The zero-order valence-corrected chi connectivity index (χ0v) is 19.3. The van der Waals surface area contributed by atoms with Crippen LogP contribution in [0.1, 0.15) is 48.3 Å². The molecule has 33 heavy (non-hydrogen) atoms. The van der Waals surface area contributed by atoms with E-state index >= 15 is 8.78 Å². The molecule has 0 saturated carbocycles. The van der Waals surface area contributed by atoms with Gasteiger partial charge in [0, 0.05) is 31.1 Å². The van der Waals surface area contributed by atoms with Crippen LogP contribution >= 0.6 is 0 Å². The Morgan fingerprint density at radius 1 is 1.15 bits per heavy atom. The molecular formula is C23H24F2N4O3S. The van der Waals surface area contributed by atoms with Crippen LogP contribution in [0, 0.1) is 11.6 Å². The predicted molar refractivity (Wildman–Crippen MR) is 120 cm³/mol. The average Bonchev–Trinajstić information content (AvgIpc) is 3.14. The summed E-state index contributed by atoms with van der Waals surface area (Å²) in [7, 11) is -0.116. The van der Waals surface area contributed by atoms with Crippen molar-refractivity contribution < 1.29 is 17.8 Å². The lowest BCUT2D eigenvalue weighted by atomic mass is 10.0. The molecule has 0 N–H and O–H groups in total. The lowest BCUT2D eigenvalue weighted by molar-refractivity contribution is -0.123. The Kier molecular flexibility index (Phi) is 6.40. The fourth-order valence-corrected chi connectivity index (χ4v) is 5.81. The summed E-state index contributed by atoms with van der Waals surface area (Å²) in [5, 5.41) is -0.537. The zero-order chi connectivity index (χ0) is 23.9. The molecule has 0 radical (unpaired) electrons. The van der Waals surface area contributed by atoms with Crippen molar-refractivity contribution in [1.82, 2.24) is 18.7 Å². The van der Waals surface area contributed by atoms with Crippen molar-refractivity contribution in [3.63, 3.8) is 0 Å². The summed E-state index contributed by atoms with van der Waals surface area (Å²) in [4.78, 5) is 27.9. The maximum absolute atomic E-state index is 15.1. The van der Waals surface area contributed by atoms with Gasteiger partial charge in [0.1, 0.15) is 28.9 Å². The van der Waals surface area contributed by atoms with Gasteiger partial charge in [0.2, 0.25) is 0 Å². The van der Waals surface area contributed by atoms with Crippen LogP contribution in [-0.4, -0.2) is 34.7 Å². The molecule has 0 aliphatic carbocycles. The Morgan fingerprint density at radius 2 is 1.85 bits per heavy atom. The van der Waals surface area contributed by atoms with Crippen molar-refractivity contribution in [2.75, 3.05) is 0 Å². The van der Waals surface area contributed by atoms with Crippen molar-refractivity contribution in [3.05, 3.63) is 87.6 Å². The quantitative estimate of drug-likeness (QED) is 0.570. The normalized spacial score (nSPS) is 22.5. The number of carbonyl (C=O) groups is 1. The molecule has 4 atom stereocenters. The number of aromatic nitrogens is 3. The van der Waals surface area contributed by atoms with Crippen LogP contribution in [0.4, 0.5) is 8.78 Å². The van der Waals surface area contributed by atoms with Crippen LogP contribution in [-0.2, 0) is 29.4 Å². The van der Waals surface area contributed by atoms with Gasteiger partial charge in [-0.15, -0.1) is 0 Å². The fraction of sp³-hybridized carbons (Fsp3) is 0.348. The third-order valence-electron chi connectivity index (χ3n) is 6.18. The second-order valence-corrected chi connectivity index (χ2v) is 9.76. The van der Waals surface area contributed by atoms with Crippen molar-refractivity contribution in [3.8, 4) is 0 Å². The van der Waals surface area contributed by atoms with E-state index in [-0.39, 0.29) is 29.9 Å². The van der Waals surface area contributed by atoms with E-state index in [0.29, 0.717) is 0 Å². The minimum absolute atomic E-state index is 0.00433. The molecule has 0 amide bonds. The maximum Gasteiger partial charge on any atom is 0.363 e. The zero-order valence-electron chi connectivity index (χ0n) is 18.4. The van der Waals surface area contributed by atoms with E-state index in [2.05, 4.69) is 4.98 Å². The first-order valence-corrected chi connectivity index (χ1v) is 11.7. The number of halogens is 2. The van der Waals surface area contributed by atoms with Crippen LogP contribution in [0.5, 0.6) is 0 Å². The molecule has 7 nitrogen and oxygen atoms in total. The Bertz CT molecular complexity index is 1270. The van der Waals surface area contributed by atoms with Gasteiger partial charge in [-0.2, -0.15) is 4.98 Å². The molecule has 1 aliphatic heterocycles. The van der Waals surface area contributed by atoms with E-state index in [1.165, 1.54) is 27.0 Å². The highest BCUT2D eigenvalue weighted by atomic mass is 32.2. The molecule has 2 aromatic carbocycles. The van der Waals surface area contributed by atoms with Crippen molar-refractivity contribution >= 4 is 16.8 Å². The number of nitrogens with zero attached hydrogens (tertiary/aromatic N) is 4. The second-order valence-electron chi connectivity index (χ2n) is 8.17. The van der Waals surface area contributed by atoms with Crippen LogP contribution in [0.15, 0.2) is 53.6 Å². The molecule has 10 heteroatoms. The highest BCUT2D eigenvalue weighted by molar-refractivity contribution is 7.83. The molecule has 3 aromatic rings. The van der Waals surface area contributed by atoms with E-state index in [1.807, 2.05) is 30.3 Å². The number of Topliss-reactive ketones (excluding diaryl/α,β-unsaturated/α-hetero) is 1. The molecule has 1 aromatic heterocycles. The molecule has 2 unspecified atom stereocenters. The minimum atomic E-state index is -1.60. The van der Waals surface area contributed by atoms with Gasteiger partial charge in [0.05, 0.1) is 17.3 Å². The summed E-state index contributed by atoms with van der Waals surface area (Å²) in [6.45, 7) is 3.08. The third kappa shape index (κ3) is 4.32. The topological polar surface area (TPSA) is 77.2 Å². The molecule has 0 bridgehead atoms. The Balaban J connectivity index is 1.63. The summed E-state index contributed by atoms with van der Waals surface area (Å²) in [6.07, 6.45) is 1.40. The lowest BCUT2D eigenvalue weighted by Gasteiger charge is -2.36. The smallest absolute Gasteiger partial charge is 0.298 e. The molecule has 2 heterocycles. The van der Waals surface area contributed by atoms with Crippen molar-refractivity contribution in [1.29, 1.82) is 0 Å². The highest BCUT2D eigenvalue weighted by Gasteiger charge is 2.39. The van der Waals surface area contributed by atoms with Crippen LogP contribution in [0.3, 0.4) is 0 Å². The van der Waals surface area contributed by atoms with Gasteiger partial charge in [-0.1, -0.05) is 30.3 Å². The van der Waals surface area contributed by atoms with E-state index in [0.717, 1.165) is 17.7 Å². The first-order valence-electron chi connectivity index (χ1n) is 10.5. The van der Waals surface area contributed by atoms with Gasteiger partial charge < -0.3 is 0 Å². The first kappa shape index (κ1) is 23.2. The minimum Gasteiger partial charge on any atom is -0.298 e. The number of benzene rings is 2. The van der Waals surface area contributed by atoms with Gasteiger partial charge >= 0.3 is 5.69 Å². The standard InChI is InChI=1S/C23H24F2N4O3S/c1-14(28-13-26-23(31)27(28)3)18-10-19(24)17(9-20(18)25)12-29-15(2)21(30)11-22(33(29)32)16-7-5-4-6-8-16/h4-10,13-15,22H,11-12H2,1-3H3/t14?,15-,22+,33?/m0/s1. The number of hydrogen-bond donors (Lipinski definition) is 0. The predicted octanol–water partition coefficient (Wildman–Crippen LogP) is 3.04. The van der Waals surface area contributed by atoms with Gasteiger partial charge in [0.25, 0.3) is 0 Å². The Labute approximate surface area is 192 Å². The van der Waals surface area contributed by atoms with Gasteiger partial charge in [-0.05, 0) is 31.5 Å². The summed E-state index contributed by atoms with van der Waals surface area (Å²) in [5.41, 5.74) is 0.321. The third-order valence-corrected chi connectivity index (χ3v) is 8.01. The molecular weight excluding hydrogens is 450 g/mol. The molecule has 1 fully saturated rings. The number of ketones is 1. The molecule has 1 aliphatic rings. The van der Waals surface area contributed by atoms with E-state index < -0.39 is 45.6 Å². The summed E-state index contributed by atoms with van der Waals surface area (Å²) in [6, 6.07) is 9.85. The number of rotatable bonds is 5. The molecule has 174 valence electrons. The van der Waals surface area contributed by atoms with Crippen LogP contribution < -0.4 is 5.69 Å². The Hall–Kier alpha value is -2.98. The van der Waals surface area contributed by atoms with E-state index in [9.17, 15) is 13.8 Å². The fourth-order valence-electron chi connectivity index (χ4n) is 4.09. The van der Waals surface area contributed by atoms with E-state index in [4.69, 9.17) is 0 Å². The molecule has 1 saturated heterocycles. The highest BCUT2D eigenvalue weighted by Crippen LogP contribution is 2.34.